The fourth-order valence-corrected chi connectivity index (χ4v) is 0.650. The average Bonchev–Trinajstić information content (AvgIpc) is 2.54. The van der Waals surface area contributed by atoms with Crippen LogP contribution >= 0.6 is 0 Å². The molecule has 0 bridgehead atoms. The number of hydrogen-bond donors (Lipinski definition) is 5. The van der Waals surface area contributed by atoms with E-state index in [1.807, 2.05) is 5.92 Å². The number of aliphatic hydroxyl groups is 5. The molecular formula is C15H24O8Y. The van der Waals surface area contributed by atoms with Gasteiger partial charge in [-0.25, -0.2) is 0 Å². The van der Waals surface area contributed by atoms with E-state index in [0.29, 0.717) is 6.29 Å². The molecule has 0 aliphatic carbocycles. The van der Waals surface area contributed by atoms with E-state index in [0.717, 1.165) is 6.29 Å². The van der Waals surface area contributed by atoms with Gasteiger partial charge in [-0.1, -0.05) is 19.3 Å². The van der Waals surface area contributed by atoms with Gasteiger partial charge < -0.3 is 35.1 Å². The standard InChI is InChI=1S/C7H10O4.C5H6O3.C2H4O.CH4.Y/c1-2-7(11,5-9)6(10)3-4-8;1-2-5(8,3-6)4-7;1-2-3;;/h1,4,6,9-11H,3,5H2;1,3,7-8H,4H2;2H,1H3;1H4;/t6-,7+;5-;;;/m00.../s1. The maximum atomic E-state index is 9.87. The van der Waals surface area contributed by atoms with Crippen molar-refractivity contribution < 1.29 is 72.6 Å². The molecule has 0 spiro atoms. The molecule has 0 aromatic heterocycles. The summed E-state index contributed by atoms with van der Waals surface area (Å²) in [6.45, 7) is -0.0501. The van der Waals surface area contributed by atoms with Gasteiger partial charge in [0, 0.05) is 39.1 Å². The second-order valence-electron chi connectivity index (χ2n) is 3.73. The zero-order valence-corrected chi connectivity index (χ0v) is 15.5. The SMILES string of the molecule is C.C#C[C@@](O)(CO)[C@@H](O)CC=O.C#C[C@](O)(C=O)CO.CC=O.[Y]. The molecule has 0 aliphatic heterocycles. The maximum absolute atomic E-state index is 9.87. The zero-order chi connectivity index (χ0) is 18.2. The van der Waals surface area contributed by atoms with Crippen molar-refractivity contribution in [3.63, 3.8) is 0 Å². The Hall–Kier alpha value is -0.966. The minimum Gasteiger partial charge on any atom is -0.392 e. The number of carbonyl (C=O) groups is 3. The Balaban J connectivity index is -0.0000000825. The normalized spacial score (nSPS) is 14.2. The summed E-state index contributed by atoms with van der Waals surface area (Å²) in [6.07, 6.45) is 9.04. The molecule has 9 heteroatoms. The largest absolute Gasteiger partial charge is 0.392 e. The molecule has 0 aliphatic rings. The summed E-state index contributed by atoms with van der Waals surface area (Å²) in [7, 11) is 0. The Morgan fingerprint density at radius 2 is 1.50 bits per heavy atom. The summed E-state index contributed by atoms with van der Waals surface area (Å²) in [5.41, 5.74) is -3.97. The van der Waals surface area contributed by atoms with Crippen LogP contribution in [-0.4, -0.2) is 74.9 Å². The van der Waals surface area contributed by atoms with Crippen LogP contribution in [0.2, 0.25) is 0 Å². The van der Waals surface area contributed by atoms with E-state index >= 15 is 0 Å². The van der Waals surface area contributed by atoms with Gasteiger partial charge in [-0.2, -0.15) is 0 Å². The minimum absolute atomic E-state index is 0. The van der Waals surface area contributed by atoms with Crippen molar-refractivity contribution in [2.75, 3.05) is 13.2 Å². The maximum Gasteiger partial charge on any atom is 0.204 e. The Bertz CT molecular complexity index is 415. The summed E-state index contributed by atoms with van der Waals surface area (Å²) in [5, 5.41) is 43.4. The van der Waals surface area contributed by atoms with Gasteiger partial charge in [-0.3, -0.25) is 4.79 Å². The number of carbonyl (C=O) groups excluding carboxylic acids is 3. The van der Waals surface area contributed by atoms with Crippen molar-refractivity contribution >= 4 is 18.9 Å². The van der Waals surface area contributed by atoms with Crippen LogP contribution in [0.25, 0.3) is 0 Å². The molecule has 0 fully saturated rings. The Labute approximate surface area is 167 Å². The van der Waals surface area contributed by atoms with E-state index in [1.54, 1.807) is 5.92 Å². The van der Waals surface area contributed by atoms with Gasteiger partial charge in [0.2, 0.25) is 5.60 Å². The van der Waals surface area contributed by atoms with Gasteiger partial charge >= 0.3 is 0 Å². The average molecular weight is 421 g/mol. The van der Waals surface area contributed by atoms with Gasteiger partial charge in [0.1, 0.15) is 18.7 Å². The van der Waals surface area contributed by atoms with E-state index in [1.165, 1.54) is 6.92 Å². The van der Waals surface area contributed by atoms with Crippen molar-refractivity contribution in [1.82, 2.24) is 0 Å². The smallest absolute Gasteiger partial charge is 0.204 e. The molecule has 0 heterocycles. The van der Waals surface area contributed by atoms with Gasteiger partial charge in [0.25, 0.3) is 0 Å². The van der Waals surface area contributed by atoms with Crippen molar-refractivity contribution in [2.45, 2.75) is 38.1 Å². The first-order chi connectivity index (χ1) is 10.2. The van der Waals surface area contributed by atoms with Crippen LogP contribution in [0.15, 0.2) is 0 Å². The third-order valence-electron chi connectivity index (χ3n) is 2.05. The quantitative estimate of drug-likeness (QED) is 0.237. The Morgan fingerprint density at radius 1 is 1.08 bits per heavy atom. The van der Waals surface area contributed by atoms with Gasteiger partial charge in [-0.05, 0) is 6.92 Å². The molecule has 0 amide bonds. The number of aldehydes is 3. The summed E-state index contributed by atoms with van der Waals surface area (Å²) >= 11 is 0. The van der Waals surface area contributed by atoms with E-state index in [9.17, 15) is 9.59 Å². The Morgan fingerprint density at radius 3 is 1.62 bits per heavy atom. The first kappa shape index (κ1) is 34.4. The third kappa shape index (κ3) is 15.9. The molecule has 3 atom stereocenters. The predicted octanol–water partition coefficient (Wildman–Crippen LogP) is -2.33. The molecule has 0 aromatic rings. The number of hydrogen-bond acceptors (Lipinski definition) is 8. The van der Waals surface area contributed by atoms with Crippen molar-refractivity contribution in [3.8, 4) is 24.7 Å². The van der Waals surface area contributed by atoms with Crippen LogP contribution in [0.1, 0.15) is 20.8 Å². The van der Waals surface area contributed by atoms with E-state index < -0.39 is 30.5 Å². The van der Waals surface area contributed by atoms with Gasteiger partial charge in [-0.15, -0.1) is 12.8 Å². The third-order valence-corrected chi connectivity index (χ3v) is 2.05. The Kier molecular flexibility index (Phi) is 28.8. The van der Waals surface area contributed by atoms with Gasteiger partial charge in [0.05, 0.1) is 13.2 Å². The molecule has 0 unspecified atom stereocenters. The topological polar surface area (TPSA) is 152 Å². The van der Waals surface area contributed by atoms with E-state index in [-0.39, 0.29) is 52.8 Å². The second-order valence-corrected chi connectivity index (χ2v) is 3.73. The van der Waals surface area contributed by atoms with Gasteiger partial charge in [0.15, 0.2) is 11.9 Å². The molecule has 24 heavy (non-hydrogen) atoms. The number of rotatable bonds is 6. The molecule has 0 saturated heterocycles. The monoisotopic (exact) mass is 421 g/mol. The molecule has 5 N–H and O–H groups in total. The van der Waals surface area contributed by atoms with E-state index in [2.05, 4.69) is 6.42 Å². The number of terminal acetylenes is 2. The number of aliphatic hydroxyl groups excluding tert-OH is 3. The summed E-state index contributed by atoms with van der Waals surface area (Å²) in [5.74, 6) is 3.52. The molecule has 8 nitrogen and oxygen atoms in total. The molecular weight excluding hydrogens is 397 g/mol. The predicted molar refractivity (Wildman–Crippen MR) is 83.0 cm³/mol. The molecule has 135 valence electrons. The van der Waals surface area contributed by atoms with E-state index in [4.69, 9.17) is 36.8 Å². The zero-order valence-electron chi connectivity index (χ0n) is 12.6. The van der Waals surface area contributed by atoms with Crippen LogP contribution in [0.3, 0.4) is 0 Å². The van der Waals surface area contributed by atoms with Crippen molar-refractivity contribution in [3.05, 3.63) is 0 Å². The first-order valence-corrected chi connectivity index (χ1v) is 5.80. The van der Waals surface area contributed by atoms with Crippen LogP contribution in [0.5, 0.6) is 0 Å². The fourth-order valence-electron chi connectivity index (χ4n) is 0.650. The van der Waals surface area contributed by atoms with Crippen LogP contribution in [0, 0.1) is 24.7 Å². The molecule has 1 radical (unpaired) electrons. The molecule has 0 aromatic carbocycles. The minimum atomic E-state index is -2.00. The van der Waals surface area contributed by atoms with Crippen LogP contribution in [-0.2, 0) is 47.1 Å². The first-order valence-electron chi connectivity index (χ1n) is 5.80. The molecule has 0 rings (SSSR count). The van der Waals surface area contributed by atoms with Crippen molar-refractivity contribution in [2.24, 2.45) is 0 Å². The van der Waals surface area contributed by atoms with Crippen LogP contribution < -0.4 is 0 Å². The van der Waals surface area contributed by atoms with Crippen molar-refractivity contribution in [1.29, 1.82) is 0 Å². The summed E-state index contributed by atoms with van der Waals surface area (Å²) in [4.78, 5) is 28.4. The van der Waals surface area contributed by atoms with Crippen LogP contribution in [0.4, 0.5) is 0 Å². The summed E-state index contributed by atoms with van der Waals surface area (Å²) < 4.78 is 0. The fraction of sp³-hybridized carbons (Fsp3) is 0.533. The molecule has 0 saturated carbocycles. The second kappa shape index (κ2) is 20.1. The summed E-state index contributed by atoms with van der Waals surface area (Å²) in [6, 6.07) is 0.